The molecule has 5 nitrogen and oxygen atoms in total. The zero-order valence-corrected chi connectivity index (χ0v) is 15.5. The van der Waals surface area contributed by atoms with Gasteiger partial charge in [-0.15, -0.1) is 12.4 Å². The SMILES string of the molecule is Cl.O=S(=O)(NCc1ccc2c(c1)CNC2)N1CCc2ccccc2C1. The summed E-state index contributed by atoms with van der Waals surface area (Å²) in [7, 11) is -3.47. The number of benzene rings is 2. The molecule has 0 saturated heterocycles. The Bertz CT molecular complexity index is 870. The van der Waals surface area contributed by atoms with E-state index in [4.69, 9.17) is 0 Å². The summed E-state index contributed by atoms with van der Waals surface area (Å²) in [5.74, 6) is 0. The number of nitrogens with zero attached hydrogens (tertiary/aromatic N) is 1. The van der Waals surface area contributed by atoms with Crippen LogP contribution in [-0.2, 0) is 42.8 Å². The molecule has 7 heteroatoms. The molecular weight excluding hydrogens is 358 g/mol. The highest BCUT2D eigenvalue weighted by Crippen LogP contribution is 2.21. The molecule has 2 N–H and O–H groups in total. The summed E-state index contributed by atoms with van der Waals surface area (Å²) in [6.45, 7) is 3.06. The monoisotopic (exact) mass is 379 g/mol. The fraction of sp³-hybridized carbons (Fsp3) is 0.333. The van der Waals surface area contributed by atoms with Gasteiger partial charge in [0.1, 0.15) is 0 Å². The van der Waals surface area contributed by atoms with Crippen molar-refractivity contribution in [3.63, 3.8) is 0 Å². The molecular formula is C18H22ClN3O2S. The van der Waals surface area contributed by atoms with Crippen LogP contribution in [0.1, 0.15) is 27.8 Å². The summed E-state index contributed by atoms with van der Waals surface area (Å²) >= 11 is 0. The van der Waals surface area contributed by atoms with Crippen molar-refractivity contribution in [3.05, 3.63) is 70.3 Å². The van der Waals surface area contributed by atoms with E-state index in [-0.39, 0.29) is 12.4 Å². The van der Waals surface area contributed by atoms with Crippen molar-refractivity contribution in [2.24, 2.45) is 0 Å². The highest BCUT2D eigenvalue weighted by Gasteiger charge is 2.26. The second-order valence-corrected chi connectivity index (χ2v) is 8.14. The minimum absolute atomic E-state index is 0. The molecule has 0 aromatic heterocycles. The highest BCUT2D eigenvalue weighted by molar-refractivity contribution is 7.87. The van der Waals surface area contributed by atoms with Gasteiger partial charge in [0, 0.05) is 32.7 Å². The fourth-order valence-corrected chi connectivity index (χ4v) is 4.57. The van der Waals surface area contributed by atoms with Gasteiger partial charge in [-0.2, -0.15) is 17.4 Å². The molecule has 2 aromatic rings. The van der Waals surface area contributed by atoms with Gasteiger partial charge in [-0.3, -0.25) is 0 Å². The number of rotatable bonds is 4. The van der Waals surface area contributed by atoms with E-state index in [2.05, 4.69) is 28.2 Å². The van der Waals surface area contributed by atoms with E-state index in [0.29, 0.717) is 19.6 Å². The topological polar surface area (TPSA) is 61.4 Å². The number of hydrogen-bond acceptors (Lipinski definition) is 3. The average Bonchev–Trinajstić information content (AvgIpc) is 3.07. The fourth-order valence-electron chi connectivity index (χ4n) is 3.40. The van der Waals surface area contributed by atoms with Crippen LogP contribution in [0.5, 0.6) is 0 Å². The first kappa shape index (κ1) is 18.4. The lowest BCUT2D eigenvalue weighted by molar-refractivity contribution is 0.384. The third-order valence-electron chi connectivity index (χ3n) is 4.80. The Kier molecular flexibility index (Phi) is 5.46. The Morgan fingerprint density at radius 3 is 2.60 bits per heavy atom. The van der Waals surface area contributed by atoms with Gasteiger partial charge >= 0.3 is 0 Å². The zero-order valence-electron chi connectivity index (χ0n) is 13.9. The van der Waals surface area contributed by atoms with Gasteiger partial charge in [-0.05, 0) is 34.2 Å². The van der Waals surface area contributed by atoms with Gasteiger partial charge in [0.15, 0.2) is 0 Å². The van der Waals surface area contributed by atoms with Gasteiger partial charge in [0.2, 0.25) is 0 Å². The summed E-state index contributed by atoms with van der Waals surface area (Å²) in [6, 6.07) is 14.2. The predicted molar refractivity (Wildman–Crippen MR) is 101 cm³/mol. The molecule has 0 unspecified atom stereocenters. The molecule has 0 atom stereocenters. The number of nitrogens with one attached hydrogen (secondary N) is 2. The quantitative estimate of drug-likeness (QED) is 0.855. The molecule has 4 rings (SSSR count). The lowest BCUT2D eigenvalue weighted by Crippen LogP contribution is -2.43. The largest absolute Gasteiger partial charge is 0.309 e. The Morgan fingerprint density at radius 1 is 1.00 bits per heavy atom. The summed E-state index contributed by atoms with van der Waals surface area (Å²) in [6.07, 6.45) is 0.765. The Hall–Kier alpha value is -1.44. The predicted octanol–water partition coefficient (Wildman–Crippen LogP) is 2.10. The van der Waals surface area contributed by atoms with Gasteiger partial charge in [0.25, 0.3) is 10.2 Å². The minimum atomic E-state index is -3.47. The molecule has 134 valence electrons. The van der Waals surface area contributed by atoms with Crippen LogP contribution in [0.15, 0.2) is 42.5 Å². The van der Waals surface area contributed by atoms with Crippen molar-refractivity contribution < 1.29 is 8.42 Å². The van der Waals surface area contributed by atoms with Crippen molar-refractivity contribution in [2.75, 3.05) is 6.54 Å². The summed E-state index contributed by atoms with van der Waals surface area (Å²) in [5.41, 5.74) is 5.90. The lowest BCUT2D eigenvalue weighted by Gasteiger charge is -2.28. The van der Waals surface area contributed by atoms with Crippen LogP contribution in [0, 0.1) is 0 Å². The van der Waals surface area contributed by atoms with Gasteiger partial charge in [-0.25, -0.2) is 0 Å². The normalized spacial score (nSPS) is 16.8. The second-order valence-electron chi connectivity index (χ2n) is 6.39. The standard InChI is InChI=1S/C18H21N3O2S.ClH/c22-24(23,21-8-7-15-3-1-2-4-17(15)13-21)20-10-14-5-6-16-11-19-12-18(16)9-14;/h1-6,9,19-20H,7-8,10-13H2;1H. The third-order valence-corrected chi connectivity index (χ3v) is 6.30. The van der Waals surface area contributed by atoms with E-state index in [0.717, 1.165) is 30.6 Å². The molecule has 0 bridgehead atoms. The van der Waals surface area contributed by atoms with Crippen LogP contribution in [0.3, 0.4) is 0 Å². The molecule has 2 aromatic carbocycles. The van der Waals surface area contributed by atoms with Crippen LogP contribution in [0.4, 0.5) is 0 Å². The Morgan fingerprint density at radius 2 is 1.76 bits per heavy atom. The van der Waals surface area contributed by atoms with Crippen LogP contribution >= 0.6 is 12.4 Å². The summed E-state index contributed by atoms with van der Waals surface area (Å²) in [5, 5.41) is 3.30. The van der Waals surface area contributed by atoms with Gasteiger partial charge < -0.3 is 5.32 Å². The maximum absolute atomic E-state index is 12.6. The highest BCUT2D eigenvalue weighted by atomic mass is 35.5. The van der Waals surface area contributed by atoms with Crippen molar-refractivity contribution >= 4 is 22.6 Å². The number of fused-ring (bicyclic) bond motifs is 2. The Labute approximate surface area is 155 Å². The molecule has 25 heavy (non-hydrogen) atoms. The van der Waals surface area contributed by atoms with Crippen molar-refractivity contribution in [2.45, 2.75) is 32.6 Å². The lowest BCUT2D eigenvalue weighted by atomic mass is 10.0. The minimum Gasteiger partial charge on any atom is -0.309 e. The van der Waals surface area contributed by atoms with Crippen LogP contribution < -0.4 is 10.0 Å². The van der Waals surface area contributed by atoms with E-state index >= 15 is 0 Å². The molecule has 2 aliphatic heterocycles. The maximum Gasteiger partial charge on any atom is 0.280 e. The average molecular weight is 380 g/mol. The van der Waals surface area contributed by atoms with E-state index in [1.165, 1.54) is 21.0 Å². The van der Waals surface area contributed by atoms with Crippen LogP contribution in [0.25, 0.3) is 0 Å². The van der Waals surface area contributed by atoms with E-state index in [1.807, 2.05) is 24.3 Å². The third kappa shape index (κ3) is 3.88. The van der Waals surface area contributed by atoms with E-state index < -0.39 is 10.2 Å². The maximum atomic E-state index is 12.6. The molecule has 2 aliphatic rings. The summed E-state index contributed by atoms with van der Waals surface area (Å²) < 4.78 is 29.5. The second kappa shape index (κ2) is 7.43. The Balaban J connectivity index is 0.00000182. The van der Waals surface area contributed by atoms with E-state index in [9.17, 15) is 8.42 Å². The molecule has 0 fully saturated rings. The van der Waals surface area contributed by atoms with Crippen molar-refractivity contribution in [1.82, 2.24) is 14.3 Å². The molecule has 0 aliphatic carbocycles. The van der Waals surface area contributed by atoms with Crippen molar-refractivity contribution in [1.29, 1.82) is 0 Å². The van der Waals surface area contributed by atoms with Gasteiger partial charge in [0.05, 0.1) is 0 Å². The first-order valence-corrected chi connectivity index (χ1v) is 9.69. The number of halogens is 1. The first-order valence-electron chi connectivity index (χ1n) is 8.25. The molecule has 0 saturated carbocycles. The summed E-state index contributed by atoms with van der Waals surface area (Å²) in [4.78, 5) is 0. The molecule has 0 amide bonds. The van der Waals surface area contributed by atoms with Crippen LogP contribution in [-0.4, -0.2) is 19.3 Å². The molecule has 0 radical (unpaired) electrons. The molecule has 0 spiro atoms. The van der Waals surface area contributed by atoms with E-state index in [1.54, 1.807) is 0 Å². The van der Waals surface area contributed by atoms with Crippen molar-refractivity contribution in [3.8, 4) is 0 Å². The number of hydrogen-bond donors (Lipinski definition) is 2. The van der Waals surface area contributed by atoms with Gasteiger partial charge in [-0.1, -0.05) is 42.5 Å². The zero-order chi connectivity index (χ0) is 16.6. The molecule has 2 heterocycles. The smallest absolute Gasteiger partial charge is 0.280 e. The first-order chi connectivity index (χ1) is 11.6. The van der Waals surface area contributed by atoms with Crippen LogP contribution in [0.2, 0.25) is 0 Å².